The second-order valence-corrected chi connectivity index (χ2v) is 7.03. The Morgan fingerprint density at radius 3 is 2.73 bits per heavy atom. The van der Waals surface area contributed by atoms with Gasteiger partial charge in [-0.3, -0.25) is 9.69 Å². The van der Waals surface area contributed by atoms with Gasteiger partial charge in [0.05, 0.1) is 5.69 Å². The number of hydrogen-bond donors (Lipinski definition) is 0. The molecule has 0 radical (unpaired) electrons. The standard InChI is InChI=1S/C21H27N3O2/c1-17(2)19-16-20(26-22-19)21(25)24-13-7-12-23(14-15-24)11-6-10-18-8-4-3-5-9-18/h3-6,8-10,16-17H,7,11-15H2,1-2H3. The van der Waals surface area contributed by atoms with Crippen LogP contribution in [0.3, 0.4) is 0 Å². The molecular weight excluding hydrogens is 326 g/mol. The van der Waals surface area contributed by atoms with E-state index in [1.807, 2.05) is 36.9 Å². The van der Waals surface area contributed by atoms with Crippen LogP contribution in [0.2, 0.25) is 0 Å². The first-order chi connectivity index (χ1) is 12.6. The summed E-state index contributed by atoms with van der Waals surface area (Å²) in [6.07, 6.45) is 5.31. The zero-order chi connectivity index (χ0) is 18.4. The predicted octanol–water partition coefficient (Wildman–Crippen LogP) is 3.66. The minimum absolute atomic E-state index is 0.0499. The van der Waals surface area contributed by atoms with E-state index < -0.39 is 0 Å². The zero-order valence-corrected chi connectivity index (χ0v) is 15.6. The van der Waals surface area contributed by atoms with Crippen LogP contribution in [0.15, 0.2) is 47.0 Å². The largest absolute Gasteiger partial charge is 0.351 e. The average molecular weight is 353 g/mol. The van der Waals surface area contributed by atoms with E-state index in [9.17, 15) is 4.79 Å². The highest BCUT2D eigenvalue weighted by atomic mass is 16.5. The Morgan fingerprint density at radius 2 is 2.00 bits per heavy atom. The zero-order valence-electron chi connectivity index (χ0n) is 15.6. The Kier molecular flexibility index (Phi) is 6.23. The Labute approximate surface area is 155 Å². The summed E-state index contributed by atoms with van der Waals surface area (Å²) in [5, 5.41) is 4.00. The smallest absolute Gasteiger partial charge is 0.292 e. The van der Waals surface area contributed by atoms with Crippen LogP contribution in [0, 0.1) is 0 Å². The summed E-state index contributed by atoms with van der Waals surface area (Å²) < 4.78 is 5.26. The highest BCUT2D eigenvalue weighted by molar-refractivity contribution is 5.91. The van der Waals surface area contributed by atoms with Gasteiger partial charge in [-0.25, -0.2) is 0 Å². The molecule has 0 aliphatic carbocycles. The molecule has 138 valence electrons. The van der Waals surface area contributed by atoms with Crippen molar-refractivity contribution in [2.45, 2.75) is 26.2 Å². The van der Waals surface area contributed by atoms with E-state index in [2.05, 4.69) is 34.3 Å². The molecule has 5 nitrogen and oxygen atoms in total. The first-order valence-electron chi connectivity index (χ1n) is 9.33. The number of nitrogens with zero attached hydrogens (tertiary/aromatic N) is 3. The van der Waals surface area contributed by atoms with Gasteiger partial charge in [0, 0.05) is 38.8 Å². The van der Waals surface area contributed by atoms with Crippen LogP contribution >= 0.6 is 0 Å². The fraction of sp³-hybridized carbons (Fsp3) is 0.429. The number of hydrogen-bond acceptors (Lipinski definition) is 4. The first kappa shape index (κ1) is 18.4. The fourth-order valence-electron chi connectivity index (χ4n) is 3.08. The maximum Gasteiger partial charge on any atom is 0.292 e. The van der Waals surface area contributed by atoms with Crippen LogP contribution in [-0.4, -0.2) is 53.6 Å². The van der Waals surface area contributed by atoms with Gasteiger partial charge in [0.1, 0.15) is 0 Å². The van der Waals surface area contributed by atoms with E-state index in [0.717, 1.165) is 44.8 Å². The lowest BCUT2D eigenvalue weighted by Crippen LogP contribution is -2.35. The summed E-state index contributed by atoms with van der Waals surface area (Å²) in [5.41, 5.74) is 2.04. The molecule has 0 saturated carbocycles. The minimum atomic E-state index is -0.0499. The third-order valence-electron chi connectivity index (χ3n) is 4.68. The Hall–Kier alpha value is -2.40. The first-order valence-corrected chi connectivity index (χ1v) is 9.33. The van der Waals surface area contributed by atoms with Crippen molar-refractivity contribution < 1.29 is 9.32 Å². The van der Waals surface area contributed by atoms with Crippen molar-refractivity contribution in [1.29, 1.82) is 0 Å². The van der Waals surface area contributed by atoms with E-state index in [1.54, 1.807) is 6.07 Å². The van der Waals surface area contributed by atoms with Crippen molar-refractivity contribution in [1.82, 2.24) is 15.0 Å². The van der Waals surface area contributed by atoms with Gasteiger partial charge in [0.25, 0.3) is 5.91 Å². The van der Waals surface area contributed by atoms with E-state index in [0.29, 0.717) is 5.76 Å². The Morgan fingerprint density at radius 1 is 1.19 bits per heavy atom. The quantitative estimate of drug-likeness (QED) is 0.823. The van der Waals surface area contributed by atoms with E-state index in [4.69, 9.17) is 4.52 Å². The van der Waals surface area contributed by atoms with E-state index in [1.165, 1.54) is 5.56 Å². The second kappa shape index (κ2) is 8.81. The summed E-state index contributed by atoms with van der Waals surface area (Å²) in [7, 11) is 0. The van der Waals surface area contributed by atoms with Crippen LogP contribution in [0.4, 0.5) is 0 Å². The fourth-order valence-corrected chi connectivity index (χ4v) is 3.08. The summed E-state index contributed by atoms with van der Waals surface area (Å²) >= 11 is 0. The molecule has 1 fully saturated rings. The van der Waals surface area contributed by atoms with Gasteiger partial charge in [-0.2, -0.15) is 0 Å². The maximum absolute atomic E-state index is 12.7. The van der Waals surface area contributed by atoms with Crippen molar-refractivity contribution in [2.75, 3.05) is 32.7 Å². The highest BCUT2D eigenvalue weighted by Gasteiger charge is 2.23. The van der Waals surface area contributed by atoms with Gasteiger partial charge in [-0.05, 0) is 17.9 Å². The monoisotopic (exact) mass is 353 g/mol. The Balaban J connectivity index is 1.52. The SMILES string of the molecule is CC(C)c1cc(C(=O)N2CCCN(CC=Cc3ccccc3)CC2)on1. The van der Waals surface area contributed by atoms with Gasteiger partial charge >= 0.3 is 0 Å². The third-order valence-corrected chi connectivity index (χ3v) is 4.68. The molecule has 0 bridgehead atoms. The third kappa shape index (κ3) is 4.82. The molecule has 1 saturated heterocycles. The molecule has 1 aliphatic rings. The van der Waals surface area contributed by atoms with Crippen molar-refractivity contribution in [2.24, 2.45) is 0 Å². The normalized spacial score (nSPS) is 16.3. The minimum Gasteiger partial charge on any atom is -0.351 e. The molecule has 1 amide bonds. The van der Waals surface area contributed by atoms with Gasteiger partial charge in [0.2, 0.25) is 5.76 Å². The summed E-state index contributed by atoms with van der Waals surface area (Å²) in [6.45, 7) is 8.33. The average Bonchev–Trinajstić information content (AvgIpc) is 3.03. The number of aromatic nitrogens is 1. The molecule has 26 heavy (non-hydrogen) atoms. The van der Waals surface area contributed by atoms with Gasteiger partial charge < -0.3 is 9.42 Å². The van der Waals surface area contributed by atoms with Gasteiger partial charge in [0.15, 0.2) is 0 Å². The van der Waals surface area contributed by atoms with Crippen molar-refractivity contribution in [3.63, 3.8) is 0 Å². The van der Waals surface area contributed by atoms with Crippen LogP contribution in [0.1, 0.15) is 48.0 Å². The van der Waals surface area contributed by atoms with Gasteiger partial charge in [-0.1, -0.05) is 61.5 Å². The highest BCUT2D eigenvalue weighted by Crippen LogP contribution is 2.16. The lowest BCUT2D eigenvalue weighted by Gasteiger charge is -2.20. The number of carbonyl (C=O) groups is 1. The van der Waals surface area contributed by atoms with E-state index in [-0.39, 0.29) is 11.8 Å². The van der Waals surface area contributed by atoms with Crippen LogP contribution < -0.4 is 0 Å². The van der Waals surface area contributed by atoms with Crippen LogP contribution in [0.25, 0.3) is 6.08 Å². The molecule has 0 spiro atoms. The van der Waals surface area contributed by atoms with Gasteiger partial charge in [-0.15, -0.1) is 0 Å². The molecule has 1 aromatic carbocycles. The van der Waals surface area contributed by atoms with Crippen molar-refractivity contribution in [3.05, 3.63) is 59.5 Å². The molecular formula is C21H27N3O2. The molecule has 3 rings (SSSR count). The van der Waals surface area contributed by atoms with Crippen LogP contribution in [0.5, 0.6) is 0 Å². The molecule has 2 heterocycles. The summed E-state index contributed by atoms with van der Waals surface area (Å²) in [6, 6.07) is 12.1. The predicted molar refractivity (Wildman–Crippen MR) is 103 cm³/mol. The molecule has 0 unspecified atom stereocenters. The molecule has 0 N–H and O–H groups in total. The molecule has 1 aliphatic heterocycles. The molecule has 5 heteroatoms. The molecule has 1 aromatic heterocycles. The lowest BCUT2D eigenvalue weighted by atomic mass is 10.1. The van der Waals surface area contributed by atoms with Crippen molar-refractivity contribution >= 4 is 12.0 Å². The van der Waals surface area contributed by atoms with E-state index >= 15 is 0 Å². The number of amides is 1. The Bertz CT molecular complexity index is 737. The van der Waals surface area contributed by atoms with Crippen molar-refractivity contribution in [3.8, 4) is 0 Å². The second-order valence-electron chi connectivity index (χ2n) is 7.03. The summed E-state index contributed by atoms with van der Waals surface area (Å²) in [5.74, 6) is 0.563. The van der Waals surface area contributed by atoms with Crippen LogP contribution in [-0.2, 0) is 0 Å². The number of benzene rings is 1. The number of rotatable bonds is 5. The maximum atomic E-state index is 12.7. The lowest BCUT2D eigenvalue weighted by molar-refractivity contribution is 0.0720. The molecule has 0 atom stereocenters. The number of carbonyl (C=O) groups excluding carboxylic acids is 1. The topological polar surface area (TPSA) is 49.6 Å². The molecule has 2 aromatic rings. The summed E-state index contributed by atoms with van der Waals surface area (Å²) in [4.78, 5) is 16.9.